The summed E-state index contributed by atoms with van der Waals surface area (Å²) in [6.45, 7) is 1.96. The molecule has 1 atom stereocenters. The molecule has 4 nitrogen and oxygen atoms in total. The SMILES string of the molecule is CCc1ccc(-c2cc(C(N)=O)nc3c2[C@H](O)CCC3)c(F)c1. The third-order valence-corrected chi connectivity index (χ3v) is 4.35. The van der Waals surface area contributed by atoms with Crippen LogP contribution >= 0.6 is 0 Å². The van der Waals surface area contributed by atoms with Crippen LogP contribution in [0.2, 0.25) is 0 Å². The molecule has 2 aromatic rings. The number of hydrogen-bond acceptors (Lipinski definition) is 3. The second kappa shape index (κ2) is 6.08. The van der Waals surface area contributed by atoms with E-state index in [1.165, 1.54) is 12.1 Å². The number of aromatic nitrogens is 1. The lowest BCUT2D eigenvalue weighted by molar-refractivity contribution is 0.0994. The first kappa shape index (κ1) is 15.6. The van der Waals surface area contributed by atoms with Crippen molar-refractivity contribution in [3.63, 3.8) is 0 Å². The summed E-state index contributed by atoms with van der Waals surface area (Å²) in [7, 11) is 0. The quantitative estimate of drug-likeness (QED) is 0.914. The molecular weight excluding hydrogens is 295 g/mol. The lowest BCUT2D eigenvalue weighted by atomic mass is 9.86. The second-order valence-corrected chi connectivity index (χ2v) is 5.86. The van der Waals surface area contributed by atoms with Crippen LogP contribution in [0.4, 0.5) is 4.39 Å². The normalized spacial score (nSPS) is 16.9. The van der Waals surface area contributed by atoms with Crippen LogP contribution in [0.3, 0.4) is 0 Å². The first-order valence-electron chi connectivity index (χ1n) is 7.81. The van der Waals surface area contributed by atoms with E-state index in [2.05, 4.69) is 4.98 Å². The van der Waals surface area contributed by atoms with Crippen LogP contribution in [0, 0.1) is 5.82 Å². The molecule has 0 saturated heterocycles. The van der Waals surface area contributed by atoms with E-state index in [4.69, 9.17) is 5.73 Å². The molecule has 1 aromatic carbocycles. The van der Waals surface area contributed by atoms with Gasteiger partial charge in [0.2, 0.25) is 0 Å². The number of nitrogens with two attached hydrogens (primary N) is 1. The molecule has 5 heteroatoms. The summed E-state index contributed by atoms with van der Waals surface area (Å²) in [6.07, 6.45) is 2.07. The molecule has 1 heterocycles. The zero-order valence-corrected chi connectivity index (χ0v) is 13.0. The summed E-state index contributed by atoms with van der Waals surface area (Å²) in [5.41, 5.74) is 8.48. The van der Waals surface area contributed by atoms with Gasteiger partial charge in [-0.05, 0) is 48.9 Å². The van der Waals surface area contributed by atoms with Gasteiger partial charge < -0.3 is 10.8 Å². The maximum atomic E-state index is 14.5. The molecule has 3 rings (SSSR count). The van der Waals surface area contributed by atoms with E-state index in [1.54, 1.807) is 6.07 Å². The number of aliphatic hydroxyl groups excluding tert-OH is 1. The van der Waals surface area contributed by atoms with Gasteiger partial charge in [0, 0.05) is 16.8 Å². The van der Waals surface area contributed by atoms with Crippen molar-refractivity contribution in [3.05, 3.63) is 52.6 Å². The first-order valence-corrected chi connectivity index (χ1v) is 7.81. The predicted octanol–water partition coefficient (Wildman–Crippen LogP) is 2.92. The highest BCUT2D eigenvalue weighted by molar-refractivity contribution is 5.92. The van der Waals surface area contributed by atoms with Crippen molar-refractivity contribution in [1.82, 2.24) is 4.98 Å². The molecule has 1 aliphatic carbocycles. The monoisotopic (exact) mass is 314 g/mol. The molecule has 0 saturated carbocycles. The molecule has 120 valence electrons. The number of nitrogens with zero attached hydrogens (tertiary/aromatic N) is 1. The third kappa shape index (κ3) is 2.84. The van der Waals surface area contributed by atoms with Gasteiger partial charge in [0.25, 0.3) is 5.91 Å². The van der Waals surface area contributed by atoms with Gasteiger partial charge in [-0.15, -0.1) is 0 Å². The average molecular weight is 314 g/mol. The molecular formula is C18H19FN2O2. The number of halogens is 1. The molecule has 23 heavy (non-hydrogen) atoms. The lowest BCUT2D eigenvalue weighted by Gasteiger charge is -2.24. The Morgan fingerprint density at radius 1 is 1.39 bits per heavy atom. The summed E-state index contributed by atoms with van der Waals surface area (Å²) in [6, 6.07) is 6.52. The number of amides is 1. The van der Waals surface area contributed by atoms with Crippen LogP contribution in [0.25, 0.3) is 11.1 Å². The van der Waals surface area contributed by atoms with E-state index in [-0.39, 0.29) is 11.5 Å². The van der Waals surface area contributed by atoms with Gasteiger partial charge in [-0.3, -0.25) is 4.79 Å². The molecule has 0 unspecified atom stereocenters. The third-order valence-electron chi connectivity index (χ3n) is 4.35. The fourth-order valence-electron chi connectivity index (χ4n) is 3.12. The van der Waals surface area contributed by atoms with E-state index in [0.29, 0.717) is 35.2 Å². The minimum atomic E-state index is -0.701. The standard InChI is InChI=1S/C18H19FN2O2/c1-2-10-6-7-11(13(19)8-10)12-9-15(18(20)23)21-14-4-3-5-16(22)17(12)14/h6-9,16,22H,2-5H2,1H3,(H2,20,23)/t16-/m1/s1. The average Bonchev–Trinajstić information content (AvgIpc) is 2.54. The second-order valence-electron chi connectivity index (χ2n) is 5.86. The van der Waals surface area contributed by atoms with Crippen LogP contribution in [0.15, 0.2) is 24.3 Å². The topological polar surface area (TPSA) is 76.2 Å². The van der Waals surface area contributed by atoms with Gasteiger partial charge in [-0.2, -0.15) is 0 Å². The Kier molecular flexibility index (Phi) is 4.13. The predicted molar refractivity (Wildman–Crippen MR) is 85.4 cm³/mol. The molecule has 0 fully saturated rings. The minimum Gasteiger partial charge on any atom is -0.388 e. The molecule has 0 radical (unpaired) electrons. The van der Waals surface area contributed by atoms with Gasteiger partial charge in [-0.1, -0.05) is 19.1 Å². The zero-order chi connectivity index (χ0) is 16.6. The van der Waals surface area contributed by atoms with E-state index < -0.39 is 12.0 Å². The fourth-order valence-corrected chi connectivity index (χ4v) is 3.12. The Morgan fingerprint density at radius 3 is 2.83 bits per heavy atom. The van der Waals surface area contributed by atoms with Gasteiger partial charge in [0.15, 0.2) is 0 Å². The maximum absolute atomic E-state index is 14.5. The van der Waals surface area contributed by atoms with E-state index >= 15 is 0 Å². The van der Waals surface area contributed by atoms with Crippen LogP contribution in [-0.2, 0) is 12.8 Å². The highest BCUT2D eigenvalue weighted by Crippen LogP contribution is 2.38. The molecule has 0 bridgehead atoms. The Labute approximate surface area is 134 Å². The molecule has 1 aromatic heterocycles. The Bertz CT molecular complexity index is 774. The van der Waals surface area contributed by atoms with Crippen molar-refractivity contribution in [3.8, 4) is 11.1 Å². The Morgan fingerprint density at radius 2 is 2.17 bits per heavy atom. The largest absolute Gasteiger partial charge is 0.388 e. The van der Waals surface area contributed by atoms with Crippen LogP contribution in [-0.4, -0.2) is 16.0 Å². The van der Waals surface area contributed by atoms with Gasteiger partial charge >= 0.3 is 0 Å². The zero-order valence-electron chi connectivity index (χ0n) is 13.0. The molecule has 0 spiro atoms. The fraction of sp³-hybridized carbons (Fsp3) is 0.333. The highest BCUT2D eigenvalue weighted by Gasteiger charge is 2.26. The van der Waals surface area contributed by atoms with E-state index in [0.717, 1.165) is 18.4 Å². The number of primary amides is 1. The number of fused-ring (bicyclic) bond motifs is 1. The van der Waals surface area contributed by atoms with Crippen molar-refractivity contribution in [2.75, 3.05) is 0 Å². The number of carbonyl (C=O) groups excluding carboxylic acids is 1. The number of hydrogen-bond donors (Lipinski definition) is 2. The number of aliphatic hydroxyl groups is 1. The number of aryl methyl sites for hydroxylation is 2. The Balaban J connectivity index is 2.25. The number of rotatable bonds is 3. The van der Waals surface area contributed by atoms with E-state index in [1.807, 2.05) is 13.0 Å². The summed E-state index contributed by atoms with van der Waals surface area (Å²) >= 11 is 0. The van der Waals surface area contributed by atoms with Crippen molar-refractivity contribution in [2.45, 2.75) is 38.7 Å². The van der Waals surface area contributed by atoms with Crippen molar-refractivity contribution >= 4 is 5.91 Å². The van der Waals surface area contributed by atoms with Crippen molar-refractivity contribution in [2.24, 2.45) is 5.73 Å². The molecule has 1 amide bonds. The van der Waals surface area contributed by atoms with Crippen LogP contribution in [0.1, 0.15) is 53.2 Å². The Hall–Kier alpha value is -2.27. The van der Waals surface area contributed by atoms with E-state index in [9.17, 15) is 14.3 Å². The van der Waals surface area contributed by atoms with Crippen molar-refractivity contribution in [1.29, 1.82) is 0 Å². The number of benzene rings is 1. The first-order chi connectivity index (χ1) is 11.0. The smallest absolute Gasteiger partial charge is 0.267 e. The van der Waals surface area contributed by atoms with Gasteiger partial charge in [0.05, 0.1) is 6.10 Å². The molecule has 1 aliphatic rings. The van der Waals surface area contributed by atoms with Crippen molar-refractivity contribution < 1.29 is 14.3 Å². The maximum Gasteiger partial charge on any atom is 0.267 e. The van der Waals surface area contributed by atoms with Gasteiger partial charge in [-0.25, -0.2) is 9.37 Å². The summed E-state index contributed by atoms with van der Waals surface area (Å²) in [5.74, 6) is -1.02. The van der Waals surface area contributed by atoms with Crippen LogP contribution < -0.4 is 5.73 Å². The minimum absolute atomic E-state index is 0.104. The lowest BCUT2D eigenvalue weighted by Crippen LogP contribution is -2.19. The summed E-state index contributed by atoms with van der Waals surface area (Å²) in [5, 5.41) is 10.3. The summed E-state index contributed by atoms with van der Waals surface area (Å²) < 4.78 is 14.5. The number of carbonyl (C=O) groups is 1. The van der Waals surface area contributed by atoms with Crippen LogP contribution in [0.5, 0.6) is 0 Å². The molecule has 3 N–H and O–H groups in total. The highest BCUT2D eigenvalue weighted by atomic mass is 19.1. The molecule has 0 aliphatic heterocycles. The van der Waals surface area contributed by atoms with Gasteiger partial charge in [0.1, 0.15) is 11.5 Å². The summed E-state index contributed by atoms with van der Waals surface area (Å²) in [4.78, 5) is 15.8. The number of pyridine rings is 1.